The van der Waals surface area contributed by atoms with Crippen molar-refractivity contribution in [2.45, 2.75) is 19.0 Å². The van der Waals surface area contributed by atoms with Crippen molar-refractivity contribution in [2.75, 3.05) is 38.8 Å². The lowest BCUT2D eigenvalue weighted by atomic mass is 10.1. The number of ether oxygens (including phenoxy) is 1. The van der Waals surface area contributed by atoms with Gasteiger partial charge in [0.25, 0.3) is 0 Å². The van der Waals surface area contributed by atoms with Gasteiger partial charge in [0, 0.05) is 37.5 Å². The molecule has 1 aliphatic rings. The van der Waals surface area contributed by atoms with Gasteiger partial charge in [-0.05, 0) is 12.3 Å². The molecule has 132 valence electrons. The fraction of sp³-hybridized carbons (Fsp3) is 0.529. The maximum absolute atomic E-state index is 12.2. The zero-order valence-corrected chi connectivity index (χ0v) is 15.0. The second kappa shape index (κ2) is 9.54. The van der Waals surface area contributed by atoms with Crippen LogP contribution in [0.4, 0.5) is 0 Å². The van der Waals surface area contributed by atoms with E-state index in [0.29, 0.717) is 26.2 Å². The fourth-order valence-electron chi connectivity index (χ4n) is 2.77. The summed E-state index contributed by atoms with van der Waals surface area (Å²) in [5, 5.41) is 5.72. The highest BCUT2D eigenvalue weighted by Gasteiger charge is 2.31. The number of benzene rings is 1. The van der Waals surface area contributed by atoms with Gasteiger partial charge in [-0.1, -0.05) is 18.2 Å². The number of para-hydroxylation sites is 1. The third-order valence-electron chi connectivity index (χ3n) is 4.01. The number of carbonyl (C=O) groups excluding carboxylic acids is 2. The summed E-state index contributed by atoms with van der Waals surface area (Å²) in [5.41, 5.74) is 1.02. The number of rotatable bonds is 8. The Labute approximate surface area is 147 Å². The molecule has 1 atom stereocenters. The van der Waals surface area contributed by atoms with Gasteiger partial charge in [-0.2, -0.15) is 11.8 Å². The predicted molar refractivity (Wildman–Crippen MR) is 96.2 cm³/mol. The zero-order valence-electron chi connectivity index (χ0n) is 14.2. The summed E-state index contributed by atoms with van der Waals surface area (Å²) in [6, 6.07) is 7.32. The van der Waals surface area contributed by atoms with Gasteiger partial charge < -0.3 is 15.4 Å². The largest absolute Gasteiger partial charge is 0.496 e. The number of nitrogens with zero attached hydrogens (tertiary/aromatic N) is 1. The van der Waals surface area contributed by atoms with E-state index in [9.17, 15) is 9.59 Å². The number of thioether (sulfide) groups is 1. The molecule has 0 aromatic heterocycles. The van der Waals surface area contributed by atoms with Gasteiger partial charge >= 0.3 is 0 Å². The molecule has 1 saturated heterocycles. The van der Waals surface area contributed by atoms with Crippen molar-refractivity contribution in [2.24, 2.45) is 0 Å². The Bertz CT molecular complexity index is 568. The van der Waals surface area contributed by atoms with E-state index in [1.807, 2.05) is 35.4 Å². The number of amides is 2. The van der Waals surface area contributed by atoms with Crippen LogP contribution in [0.3, 0.4) is 0 Å². The minimum Gasteiger partial charge on any atom is -0.496 e. The molecule has 7 heteroatoms. The van der Waals surface area contributed by atoms with Crippen LogP contribution in [0.25, 0.3) is 0 Å². The van der Waals surface area contributed by atoms with Crippen LogP contribution in [0.2, 0.25) is 0 Å². The van der Waals surface area contributed by atoms with E-state index >= 15 is 0 Å². The van der Waals surface area contributed by atoms with E-state index in [4.69, 9.17) is 4.74 Å². The molecule has 0 saturated carbocycles. The number of piperazine rings is 1. The first kappa shape index (κ1) is 18.6. The van der Waals surface area contributed by atoms with Gasteiger partial charge in [0.05, 0.1) is 19.6 Å². The van der Waals surface area contributed by atoms with E-state index in [2.05, 4.69) is 10.6 Å². The van der Waals surface area contributed by atoms with E-state index in [0.717, 1.165) is 17.1 Å². The highest BCUT2D eigenvalue weighted by Crippen LogP contribution is 2.21. The van der Waals surface area contributed by atoms with Gasteiger partial charge in [-0.15, -0.1) is 0 Å². The van der Waals surface area contributed by atoms with E-state index in [1.54, 1.807) is 18.9 Å². The first-order valence-corrected chi connectivity index (χ1v) is 9.44. The standard InChI is InChI=1S/C17H25N3O3S/c1-23-15-6-4-3-5-13(15)12-20-9-7-19-17(22)14(20)11-16(21)18-8-10-24-2/h3-6,14H,7-12H2,1-2H3,(H,18,21)(H,19,22). The molecule has 1 aromatic rings. The van der Waals surface area contributed by atoms with Crippen LogP contribution >= 0.6 is 11.8 Å². The van der Waals surface area contributed by atoms with E-state index in [-0.39, 0.29) is 18.2 Å². The minimum absolute atomic E-state index is 0.0869. The summed E-state index contributed by atoms with van der Waals surface area (Å²) < 4.78 is 5.39. The first-order chi connectivity index (χ1) is 11.7. The Morgan fingerprint density at radius 2 is 2.25 bits per heavy atom. The third-order valence-corrected chi connectivity index (χ3v) is 4.63. The van der Waals surface area contributed by atoms with Crippen molar-refractivity contribution in [3.05, 3.63) is 29.8 Å². The van der Waals surface area contributed by atoms with Gasteiger partial charge in [0.15, 0.2) is 0 Å². The van der Waals surface area contributed by atoms with Gasteiger partial charge in [0.2, 0.25) is 11.8 Å². The predicted octanol–water partition coefficient (Wildman–Crippen LogP) is 0.865. The smallest absolute Gasteiger partial charge is 0.237 e. The average molecular weight is 351 g/mol. The molecule has 2 amide bonds. The molecule has 1 aromatic carbocycles. The first-order valence-electron chi connectivity index (χ1n) is 8.05. The number of hydrogen-bond donors (Lipinski definition) is 2. The summed E-state index contributed by atoms with van der Waals surface area (Å²) in [5.74, 6) is 1.49. The molecule has 0 radical (unpaired) electrons. The molecule has 1 fully saturated rings. The summed E-state index contributed by atoms with van der Waals surface area (Å²) in [4.78, 5) is 26.4. The van der Waals surface area contributed by atoms with Gasteiger partial charge in [-0.3, -0.25) is 14.5 Å². The average Bonchev–Trinajstić information content (AvgIpc) is 2.58. The van der Waals surface area contributed by atoms with Crippen molar-refractivity contribution in [3.63, 3.8) is 0 Å². The monoisotopic (exact) mass is 351 g/mol. The van der Waals surface area contributed by atoms with Crippen LogP contribution in [0.1, 0.15) is 12.0 Å². The van der Waals surface area contributed by atoms with Crippen LogP contribution in [0.5, 0.6) is 5.75 Å². The Balaban J connectivity index is 2.03. The highest BCUT2D eigenvalue weighted by atomic mass is 32.2. The molecular weight excluding hydrogens is 326 g/mol. The Morgan fingerprint density at radius 3 is 3.00 bits per heavy atom. The maximum Gasteiger partial charge on any atom is 0.237 e. The quantitative estimate of drug-likeness (QED) is 0.680. The summed E-state index contributed by atoms with van der Waals surface area (Å²) in [6.07, 6.45) is 2.17. The van der Waals surface area contributed by atoms with E-state index < -0.39 is 6.04 Å². The lowest BCUT2D eigenvalue weighted by Gasteiger charge is -2.35. The SMILES string of the molecule is COc1ccccc1CN1CCNC(=O)C1CC(=O)NCCSC. The van der Waals surface area contributed by atoms with Crippen LogP contribution in [-0.2, 0) is 16.1 Å². The third kappa shape index (κ3) is 5.14. The molecule has 0 bridgehead atoms. The van der Waals surface area contributed by atoms with Crippen molar-refractivity contribution < 1.29 is 14.3 Å². The van der Waals surface area contributed by atoms with E-state index in [1.165, 1.54) is 0 Å². The Hall–Kier alpha value is -1.73. The Morgan fingerprint density at radius 1 is 1.46 bits per heavy atom. The number of nitrogens with one attached hydrogen (secondary N) is 2. The number of methoxy groups -OCH3 is 1. The molecule has 2 N–H and O–H groups in total. The van der Waals surface area contributed by atoms with Crippen LogP contribution < -0.4 is 15.4 Å². The topological polar surface area (TPSA) is 70.7 Å². The summed E-state index contributed by atoms with van der Waals surface area (Å²) >= 11 is 1.68. The number of carbonyl (C=O) groups is 2. The fourth-order valence-corrected chi connectivity index (χ4v) is 3.07. The van der Waals surface area contributed by atoms with Crippen LogP contribution in [0.15, 0.2) is 24.3 Å². The lowest BCUT2D eigenvalue weighted by molar-refractivity contribution is -0.134. The summed E-state index contributed by atoms with van der Waals surface area (Å²) in [6.45, 7) is 2.52. The van der Waals surface area contributed by atoms with Gasteiger partial charge in [0.1, 0.15) is 5.75 Å². The highest BCUT2D eigenvalue weighted by molar-refractivity contribution is 7.98. The van der Waals surface area contributed by atoms with Crippen molar-refractivity contribution in [3.8, 4) is 5.75 Å². The molecule has 1 heterocycles. The second-order valence-electron chi connectivity index (χ2n) is 5.64. The van der Waals surface area contributed by atoms with Crippen LogP contribution in [-0.4, -0.2) is 61.5 Å². The van der Waals surface area contributed by atoms with Crippen LogP contribution in [0, 0.1) is 0 Å². The molecule has 24 heavy (non-hydrogen) atoms. The Kier molecular flexibility index (Phi) is 7.39. The van der Waals surface area contributed by atoms with Crippen molar-refractivity contribution >= 4 is 23.6 Å². The molecule has 1 unspecified atom stereocenters. The normalized spacial score (nSPS) is 18.1. The zero-order chi connectivity index (χ0) is 17.4. The summed E-state index contributed by atoms with van der Waals surface area (Å²) in [7, 11) is 1.64. The molecule has 6 nitrogen and oxygen atoms in total. The molecule has 0 spiro atoms. The second-order valence-corrected chi connectivity index (χ2v) is 6.62. The molecule has 0 aliphatic carbocycles. The number of hydrogen-bond acceptors (Lipinski definition) is 5. The van der Waals surface area contributed by atoms with Gasteiger partial charge in [-0.25, -0.2) is 0 Å². The maximum atomic E-state index is 12.2. The molecule has 1 aliphatic heterocycles. The van der Waals surface area contributed by atoms with Crippen molar-refractivity contribution in [1.29, 1.82) is 0 Å². The molecular formula is C17H25N3O3S. The molecule has 2 rings (SSSR count). The minimum atomic E-state index is -0.446. The lowest BCUT2D eigenvalue weighted by Crippen LogP contribution is -2.56. The van der Waals surface area contributed by atoms with Crippen molar-refractivity contribution in [1.82, 2.24) is 15.5 Å².